The van der Waals surface area contributed by atoms with Gasteiger partial charge in [0.25, 0.3) is 5.91 Å². The Balaban J connectivity index is 2.05. The average Bonchev–Trinajstić information content (AvgIpc) is 2.79. The maximum atomic E-state index is 12.1. The van der Waals surface area contributed by atoms with Crippen molar-refractivity contribution >= 4 is 21.8 Å². The molecule has 1 N–H and O–H groups in total. The van der Waals surface area contributed by atoms with Crippen LogP contribution in [0.25, 0.3) is 0 Å². The minimum absolute atomic E-state index is 0.106. The molecule has 0 bridgehead atoms. The molecule has 2 rings (SSSR count). The lowest BCUT2D eigenvalue weighted by atomic mass is 10.2. The Morgan fingerprint density at radius 2 is 2.16 bits per heavy atom. The van der Waals surface area contributed by atoms with Crippen LogP contribution in [0, 0.1) is 0 Å². The number of aromatic nitrogens is 2. The van der Waals surface area contributed by atoms with Crippen molar-refractivity contribution in [3.8, 4) is 0 Å². The third-order valence-electron chi connectivity index (χ3n) is 2.92. The summed E-state index contributed by atoms with van der Waals surface area (Å²) in [4.78, 5) is 12.1. The molecule has 0 saturated carbocycles. The standard InChI is InChI=1S/C14H16BrN3O/c1-3-11-8-13(18(2)17-11)14(19)16-9-10-6-4-5-7-12(10)15/h4-8H,3,9H2,1-2H3,(H,16,19). The number of nitrogens with zero attached hydrogens (tertiary/aromatic N) is 2. The molecular weight excluding hydrogens is 306 g/mol. The van der Waals surface area contributed by atoms with E-state index in [9.17, 15) is 4.79 Å². The van der Waals surface area contributed by atoms with Crippen molar-refractivity contribution in [2.45, 2.75) is 19.9 Å². The molecule has 19 heavy (non-hydrogen) atoms. The number of aryl methyl sites for hydroxylation is 2. The molecule has 0 aliphatic rings. The van der Waals surface area contributed by atoms with E-state index in [2.05, 4.69) is 26.3 Å². The Hall–Kier alpha value is -1.62. The van der Waals surface area contributed by atoms with E-state index in [1.54, 1.807) is 11.7 Å². The predicted molar refractivity (Wildman–Crippen MR) is 77.9 cm³/mol. The Bertz CT molecular complexity index is 592. The number of hydrogen-bond acceptors (Lipinski definition) is 2. The van der Waals surface area contributed by atoms with Crippen LogP contribution in [0.4, 0.5) is 0 Å². The van der Waals surface area contributed by atoms with Crippen molar-refractivity contribution in [3.63, 3.8) is 0 Å². The highest BCUT2D eigenvalue weighted by molar-refractivity contribution is 9.10. The molecule has 1 heterocycles. The van der Waals surface area contributed by atoms with Gasteiger partial charge in [0, 0.05) is 18.1 Å². The van der Waals surface area contributed by atoms with Gasteiger partial charge in [-0.05, 0) is 24.1 Å². The number of carbonyl (C=O) groups excluding carboxylic acids is 1. The monoisotopic (exact) mass is 321 g/mol. The first-order chi connectivity index (χ1) is 9.11. The first-order valence-corrected chi connectivity index (χ1v) is 6.95. The Labute approximate surface area is 120 Å². The molecular formula is C14H16BrN3O. The average molecular weight is 322 g/mol. The van der Waals surface area contributed by atoms with Crippen molar-refractivity contribution in [1.29, 1.82) is 0 Å². The molecule has 5 heteroatoms. The third-order valence-corrected chi connectivity index (χ3v) is 3.70. The largest absolute Gasteiger partial charge is 0.347 e. The normalized spacial score (nSPS) is 10.5. The van der Waals surface area contributed by atoms with Gasteiger partial charge in [-0.15, -0.1) is 0 Å². The van der Waals surface area contributed by atoms with Gasteiger partial charge in [0.1, 0.15) is 5.69 Å². The van der Waals surface area contributed by atoms with E-state index in [0.29, 0.717) is 12.2 Å². The molecule has 1 aromatic carbocycles. The maximum Gasteiger partial charge on any atom is 0.269 e. The van der Waals surface area contributed by atoms with Crippen molar-refractivity contribution in [2.24, 2.45) is 7.05 Å². The minimum Gasteiger partial charge on any atom is -0.347 e. The van der Waals surface area contributed by atoms with E-state index in [4.69, 9.17) is 0 Å². The molecule has 0 aliphatic carbocycles. The van der Waals surface area contributed by atoms with Crippen molar-refractivity contribution < 1.29 is 4.79 Å². The number of rotatable bonds is 4. The summed E-state index contributed by atoms with van der Waals surface area (Å²) in [5.41, 5.74) is 2.56. The van der Waals surface area contributed by atoms with Crippen LogP contribution < -0.4 is 5.32 Å². The third kappa shape index (κ3) is 3.23. The lowest BCUT2D eigenvalue weighted by molar-refractivity contribution is 0.0941. The quantitative estimate of drug-likeness (QED) is 0.941. The molecule has 0 radical (unpaired) electrons. The van der Waals surface area contributed by atoms with Gasteiger partial charge in [-0.1, -0.05) is 41.1 Å². The number of halogens is 1. The molecule has 1 aromatic heterocycles. The molecule has 4 nitrogen and oxygen atoms in total. The summed E-state index contributed by atoms with van der Waals surface area (Å²) >= 11 is 3.46. The van der Waals surface area contributed by atoms with E-state index in [-0.39, 0.29) is 5.91 Å². The predicted octanol–water partition coefficient (Wildman–Crippen LogP) is 2.68. The van der Waals surface area contributed by atoms with Crippen LogP contribution in [0.15, 0.2) is 34.8 Å². The lowest BCUT2D eigenvalue weighted by Gasteiger charge is -2.07. The molecule has 0 unspecified atom stereocenters. The highest BCUT2D eigenvalue weighted by Gasteiger charge is 2.12. The summed E-state index contributed by atoms with van der Waals surface area (Å²) in [6.07, 6.45) is 0.825. The Morgan fingerprint density at radius 1 is 1.42 bits per heavy atom. The Morgan fingerprint density at radius 3 is 2.79 bits per heavy atom. The second-order valence-corrected chi connectivity index (χ2v) is 5.13. The van der Waals surface area contributed by atoms with Gasteiger partial charge < -0.3 is 5.32 Å². The summed E-state index contributed by atoms with van der Waals surface area (Å²) in [6.45, 7) is 2.51. The van der Waals surface area contributed by atoms with E-state index in [1.165, 1.54) is 0 Å². The van der Waals surface area contributed by atoms with Gasteiger partial charge in [-0.25, -0.2) is 0 Å². The van der Waals surface area contributed by atoms with Crippen molar-refractivity contribution in [3.05, 3.63) is 51.8 Å². The zero-order valence-electron chi connectivity index (χ0n) is 11.0. The smallest absolute Gasteiger partial charge is 0.269 e. The molecule has 2 aromatic rings. The fraction of sp³-hybridized carbons (Fsp3) is 0.286. The topological polar surface area (TPSA) is 46.9 Å². The SMILES string of the molecule is CCc1cc(C(=O)NCc2ccccc2Br)n(C)n1. The number of amides is 1. The summed E-state index contributed by atoms with van der Waals surface area (Å²) in [5.74, 6) is -0.106. The second kappa shape index (κ2) is 6.02. The van der Waals surface area contributed by atoms with Crippen LogP contribution in [0.3, 0.4) is 0 Å². The fourth-order valence-electron chi connectivity index (χ4n) is 1.82. The maximum absolute atomic E-state index is 12.1. The summed E-state index contributed by atoms with van der Waals surface area (Å²) in [6, 6.07) is 9.66. The first kappa shape index (κ1) is 13.8. The van der Waals surface area contributed by atoms with E-state index < -0.39 is 0 Å². The fourth-order valence-corrected chi connectivity index (χ4v) is 2.24. The van der Waals surface area contributed by atoms with Gasteiger partial charge in [-0.2, -0.15) is 5.10 Å². The van der Waals surface area contributed by atoms with Crippen LogP contribution in [-0.4, -0.2) is 15.7 Å². The molecule has 0 fully saturated rings. The molecule has 1 amide bonds. The van der Waals surface area contributed by atoms with Crippen molar-refractivity contribution in [2.75, 3.05) is 0 Å². The van der Waals surface area contributed by atoms with Gasteiger partial charge in [0.2, 0.25) is 0 Å². The zero-order valence-corrected chi connectivity index (χ0v) is 12.6. The number of carbonyl (C=O) groups is 1. The van der Waals surface area contributed by atoms with Crippen LogP contribution in [0.5, 0.6) is 0 Å². The summed E-state index contributed by atoms with van der Waals surface area (Å²) < 4.78 is 2.61. The number of hydrogen-bond donors (Lipinski definition) is 1. The molecule has 100 valence electrons. The van der Waals surface area contributed by atoms with Gasteiger partial charge in [-0.3, -0.25) is 9.48 Å². The van der Waals surface area contributed by atoms with E-state index in [0.717, 1.165) is 22.2 Å². The van der Waals surface area contributed by atoms with Gasteiger partial charge in [0.05, 0.1) is 5.69 Å². The summed E-state index contributed by atoms with van der Waals surface area (Å²) in [7, 11) is 1.78. The van der Waals surface area contributed by atoms with Crippen LogP contribution in [0.1, 0.15) is 28.7 Å². The van der Waals surface area contributed by atoms with Crippen LogP contribution in [0.2, 0.25) is 0 Å². The highest BCUT2D eigenvalue weighted by atomic mass is 79.9. The number of nitrogens with one attached hydrogen (secondary N) is 1. The summed E-state index contributed by atoms with van der Waals surface area (Å²) in [5, 5.41) is 7.17. The number of benzene rings is 1. The highest BCUT2D eigenvalue weighted by Crippen LogP contribution is 2.15. The van der Waals surface area contributed by atoms with E-state index >= 15 is 0 Å². The van der Waals surface area contributed by atoms with Gasteiger partial charge >= 0.3 is 0 Å². The van der Waals surface area contributed by atoms with E-state index in [1.807, 2.05) is 37.3 Å². The minimum atomic E-state index is -0.106. The first-order valence-electron chi connectivity index (χ1n) is 6.16. The van der Waals surface area contributed by atoms with Crippen LogP contribution in [-0.2, 0) is 20.0 Å². The van der Waals surface area contributed by atoms with Crippen molar-refractivity contribution in [1.82, 2.24) is 15.1 Å². The molecule has 0 atom stereocenters. The van der Waals surface area contributed by atoms with Gasteiger partial charge in [0.15, 0.2) is 0 Å². The molecule has 0 spiro atoms. The lowest BCUT2D eigenvalue weighted by Crippen LogP contribution is -2.25. The Kier molecular flexibility index (Phi) is 4.37. The van der Waals surface area contributed by atoms with Crippen LogP contribution >= 0.6 is 15.9 Å². The second-order valence-electron chi connectivity index (χ2n) is 4.27. The molecule has 0 aliphatic heterocycles. The zero-order chi connectivity index (χ0) is 13.8. The molecule has 0 saturated heterocycles.